The molecule has 2 aromatic rings. The van der Waals surface area contributed by atoms with Gasteiger partial charge in [0.15, 0.2) is 5.78 Å². The summed E-state index contributed by atoms with van der Waals surface area (Å²) in [6.45, 7) is 4.57. The van der Waals surface area contributed by atoms with Crippen molar-refractivity contribution in [3.8, 4) is 0 Å². The number of rotatable bonds is 6. The van der Waals surface area contributed by atoms with Gasteiger partial charge in [0.2, 0.25) is 5.91 Å². The number of hydrogen-bond donors (Lipinski definition) is 2. The lowest BCUT2D eigenvalue weighted by atomic mass is 10.1. The molecule has 168 valence electrons. The van der Waals surface area contributed by atoms with Gasteiger partial charge in [0.25, 0.3) is 5.91 Å². The third-order valence-corrected chi connectivity index (χ3v) is 5.14. The third-order valence-electron chi connectivity index (χ3n) is 5.14. The number of carbonyl (C=O) groups is 3. The number of allylic oxidation sites excluding steroid dienone is 1. The molecule has 0 bridgehead atoms. The van der Waals surface area contributed by atoms with E-state index in [2.05, 4.69) is 4.90 Å². The molecule has 1 fully saturated rings. The summed E-state index contributed by atoms with van der Waals surface area (Å²) in [5, 5.41) is 8.47. The second kappa shape index (κ2) is 11.8. The van der Waals surface area contributed by atoms with E-state index in [0.29, 0.717) is 18.7 Å². The molecule has 7 nitrogen and oxygen atoms in total. The number of benzene rings is 2. The van der Waals surface area contributed by atoms with Crippen LogP contribution in [0.1, 0.15) is 28.4 Å². The first kappa shape index (κ1) is 24.8. The summed E-state index contributed by atoms with van der Waals surface area (Å²) in [6, 6.07) is 14.8. The first-order valence-corrected chi connectivity index (χ1v) is 10.0. The maximum absolute atomic E-state index is 12.5. The second-order valence-electron chi connectivity index (χ2n) is 7.21. The van der Waals surface area contributed by atoms with Crippen LogP contribution in [0.5, 0.6) is 0 Å². The quantitative estimate of drug-likeness (QED) is 0.302. The molecular weight excluding hydrogens is 430 g/mol. The van der Waals surface area contributed by atoms with Crippen LogP contribution in [0.15, 0.2) is 60.7 Å². The number of nitrogens with zero attached hydrogens (tertiary/aromatic N) is 2. The van der Waals surface area contributed by atoms with Gasteiger partial charge in [0, 0.05) is 50.4 Å². The summed E-state index contributed by atoms with van der Waals surface area (Å²) in [6.07, 6.45) is 6.07. The standard InChI is InChI=1S/C24H25N3O4.ClH/c1-18(28)26-14-16-27(17-15-26)22-10-8-21(9-11-22)23(29)12-6-19-2-4-20(5-3-19)7-13-24(30)25-31;/h2-13,31H,14-17H2,1H3,(H,25,30);1H/b12-6+,13-7+;. The minimum Gasteiger partial charge on any atom is -0.368 e. The van der Waals surface area contributed by atoms with E-state index < -0.39 is 5.91 Å². The van der Waals surface area contributed by atoms with Gasteiger partial charge in [-0.1, -0.05) is 30.3 Å². The minimum atomic E-state index is -0.598. The molecule has 2 aromatic carbocycles. The number of nitrogens with one attached hydrogen (secondary N) is 1. The maximum Gasteiger partial charge on any atom is 0.267 e. The van der Waals surface area contributed by atoms with Gasteiger partial charge in [-0.25, -0.2) is 5.48 Å². The molecule has 0 unspecified atom stereocenters. The van der Waals surface area contributed by atoms with Crippen molar-refractivity contribution in [1.29, 1.82) is 0 Å². The Morgan fingerprint density at radius 3 is 1.88 bits per heavy atom. The van der Waals surface area contributed by atoms with Crippen LogP contribution in [0.4, 0.5) is 5.69 Å². The Balaban J connectivity index is 0.00000363. The zero-order valence-corrected chi connectivity index (χ0v) is 18.5. The van der Waals surface area contributed by atoms with Crippen molar-refractivity contribution in [2.75, 3.05) is 31.1 Å². The number of ketones is 1. The van der Waals surface area contributed by atoms with Crippen LogP contribution in [0, 0.1) is 0 Å². The zero-order valence-electron chi connectivity index (χ0n) is 17.7. The van der Waals surface area contributed by atoms with Crippen LogP contribution in [-0.2, 0) is 9.59 Å². The molecule has 0 atom stereocenters. The van der Waals surface area contributed by atoms with Crippen molar-refractivity contribution in [3.63, 3.8) is 0 Å². The number of carbonyl (C=O) groups excluding carboxylic acids is 3. The first-order valence-electron chi connectivity index (χ1n) is 10.0. The number of hydroxylamine groups is 1. The van der Waals surface area contributed by atoms with Crippen LogP contribution in [0.25, 0.3) is 12.2 Å². The van der Waals surface area contributed by atoms with Crippen LogP contribution in [0.3, 0.4) is 0 Å². The molecule has 0 aromatic heterocycles. The van der Waals surface area contributed by atoms with Gasteiger partial charge in [-0.2, -0.15) is 0 Å². The number of amides is 2. The Bertz CT molecular complexity index is 993. The number of anilines is 1. The van der Waals surface area contributed by atoms with Crippen molar-refractivity contribution in [1.82, 2.24) is 10.4 Å². The normalized spacial score (nSPS) is 13.8. The van der Waals surface area contributed by atoms with E-state index in [-0.39, 0.29) is 24.1 Å². The van der Waals surface area contributed by atoms with Crippen LogP contribution >= 0.6 is 12.4 Å². The Hall–Kier alpha value is -3.42. The SMILES string of the molecule is CC(=O)N1CCN(c2ccc(C(=O)/C=C/c3ccc(/C=C/C(=O)NO)cc3)cc2)CC1.Cl. The molecule has 1 aliphatic heterocycles. The highest BCUT2D eigenvalue weighted by Crippen LogP contribution is 2.18. The van der Waals surface area contributed by atoms with E-state index in [1.807, 2.05) is 53.4 Å². The molecule has 1 aliphatic rings. The summed E-state index contributed by atoms with van der Waals surface area (Å²) in [5.41, 5.74) is 4.84. The Labute approximate surface area is 193 Å². The van der Waals surface area contributed by atoms with E-state index in [9.17, 15) is 14.4 Å². The smallest absolute Gasteiger partial charge is 0.267 e. The first-order chi connectivity index (χ1) is 15.0. The van der Waals surface area contributed by atoms with Gasteiger partial charge in [0.05, 0.1) is 0 Å². The van der Waals surface area contributed by atoms with E-state index in [0.717, 1.165) is 29.9 Å². The molecule has 1 heterocycles. The van der Waals surface area contributed by atoms with Gasteiger partial charge in [-0.05, 0) is 47.5 Å². The van der Waals surface area contributed by atoms with Gasteiger partial charge in [-0.3, -0.25) is 19.6 Å². The predicted octanol–water partition coefficient (Wildman–Crippen LogP) is 3.19. The zero-order chi connectivity index (χ0) is 22.2. The topological polar surface area (TPSA) is 90.0 Å². The lowest BCUT2D eigenvalue weighted by molar-refractivity contribution is -0.129. The van der Waals surface area contributed by atoms with E-state index in [4.69, 9.17) is 5.21 Å². The van der Waals surface area contributed by atoms with Crippen molar-refractivity contribution < 1.29 is 19.6 Å². The molecule has 2 N–H and O–H groups in total. The fourth-order valence-corrected chi connectivity index (χ4v) is 3.31. The highest BCUT2D eigenvalue weighted by molar-refractivity contribution is 6.07. The molecule has 2 amide bonds. The summed E-state index contributed by atoms with van der Waals surface area (Å²) in [7, 11) is 0. The highest BCUT2D eigenvalue weighted by Gasteiger charge is 2.18. The molecule has 0 radical (unpaired) electrons. The molecule has 1 saturated heterocycles. The van der Waals surface area contributed by atoms with Gasteiger partial charge in [-0.15, -0.1) is 12.4 Å². The van der Waals surface area contributed by atoms with Crippen molar-refractivity contribution in [2.24, 2.45) is 0 Å². The number of piperazine rings is 1. The number of hydrogen-bond acceptors (Lipinski definition) is 5. The van der Waals surface area contributed by atoms with E-state index in [1.54, 1.807) is 19.1 Å². The molecular formula is C24H26ClN3O4. The van der Waals surface area contributed by atoms with Gasteiger partial charge in [0.1, 0.15) is 0 Å². The van der Waals surface area contributed by atoms with Gasteiger partial charge >= 0.3 is 0 Å². The Morgan fingerprint density at radius 1 is 0.844 bits per heavy atom. The van der Waals surface area contributed by atoms with Crippen LogP contribution < -0.4 is 10.4 Å². The molecule has 0 saturated carbocycles. The Kier molecular flexibility index (Phi) is 9.19. The average molecular weight is 456 g/mol. The number of halogens is 1. The largest absolute Gasteiger partial charge is 0.368 e. The molecule has 0 spiro atoms. The van der Waals surface area contributed by atoms with E-state index >= 15 is 0 Å². The minimum absolute atomic E-state index is 0. The van der Waals surface area contributed by atoms with Crippen LogP contribution in [-0.4, -0.2) is 53.9 Å². The Morgan fingerprint density at radius 2 is 1.38 bits per heavy atom. The molecule has 0 aliphatic carbocycles. The summed E-state index contributed by atoms with van der Waals surface area (Å²) in [4.78, 5) is 39.0. The highest BCUT2D eigenvalue weighted by atomic mass is 35.5. The summed E-state index contributed by atoms with van der Waals surface area (Å²) < 4.78 is 0. The second-order valence-corrected chi connectivity index (χ2v) is 7.21. The predicted molar refractivity (Wildman–Crippen MR) is 127 cm³/mol. The maximum atomic E-state index is 12.5. The fourth-order valence-electron chi connectivity index (χ4n) is 3.31. The van der Waals surface area contributed by atoms with Crippen LogP contribution in [0.2, 0.25) is 0 Å². The monoisotopic (exact) mass is 455 g/mol. The fraction of sp³-hybridized carbons (Fsp3) is 0.208. The molecule has 3 rings (SSSR count). The van der Waals surface area contributed by atoms with E-state index in [1.165, 1.54) is 17.6 Å². The molecule has 8 heteroatoms. The molecule has 32 heavy (non-hydrogen) atoms. The lowest BCUT2D eigenvalue weighted by Gasteiger charge is -2.35. The van der Waals surface area contributed by atoms with Crippen molar-refractivity contribution in [2.45, 2.75) is 6.92 Å². The van der Waals surface area contributed by atoms with Crippen molar-refractivity contribution >= 4 is 47.8 Å². The lowest BCUT2D eigenvalue weighted by Crippen LogP contribution is -2.48. The summed E-state index contributed by atoms with van der Waals surface area (Å²) in [5.74, 6) is -0.581. The van der Waals surface area contributed by atoms with Crippen molar-refractivity contribution in [3.05, 3.63) is 77.4 Å². The third kappa shape index (κ3) is 6.80. The average Bonchev–Trinajstić information content (AvgIpc) is 2.81. The summed E-state index contributed by atoms with van der Waals surface area (Å²) >= 11 is 0. The van der Waals surface area contributed by atoms with Gasteiger partial charge < -0.3 is 9.80 Å².